The number of ether oxygens (including phenoxy) is 1. The number of halogens is 1. The van der Waals surface area contributed by atoms with Gasteiger partial charge in [-0.15, -0.1) is 0 Å². The molecule has 7 nitrogen and oxygen atoms in total. The van der Waals surface area contributed by atoms with Crippen LogP contribution < -0.4 is 10.2 Å². The Kier molecular flexibility index (Phi) is 5.81. The molecule has 0 amide bonds. The number of rotatable bonds is 7. The molecule has 2 aliphatic rings. The van der Waals surface area contributed by atoms with Gasteiger partial charge in [-0.2, -0.15) is 10.1 Å². The van der Waals surface area contributed by atoms with Gasteiger partial charge in [0, 0.05) is 46.5 Å². The number of benzene rings is 2. The molecule has 0 atom stereocenters. The van der Waals surface area contributed by atoms with E-state index >= 15 is 0 Å². The van der Waals surface area contributed by atoms with Crippen molar-refractivity contribution in [2.45, 2.75) is 25.7 Å². The summed E-state index contributed by atoms with van der Waals surface area (Å²) in [7, 11) is 0. The zero-order valence-electron chi connectivity index (χ0n) is 18.9. The third-order valence-corrected chi connectivity index (χ3v) is 6.81. The van der Waals surface area contributed by atoms with E-state index in [2.05, 4.69) is 38.6 Å². The lowest BCUT2D eigenvalue weighted by molar-refractivity contribution is 0.122. The van der Waals surface area contributed by atoms with Gasteiger partial charge in [-0.25, -0.2) is 4.98 Å². The lowest BCUT2D eigenvalue weighted by Gasteiger charge is -2.27. The summed E-state index contributed by atoms with van der Waals surface area (Å²) in [4.78, 5) is 11.9. The second-order valence-corrected chi connectivity index (χ2v) is 9.52. The Labute approximate surface area is 203 Å². The third-order valence-electron chi connectivity index (χ3n) is 6.55. The molecule has 3 heterocycles. The Morgan fingerprint density at radius 2 is 1.85 bits per heavy atom. The van der Waals surface area contributed by atoms with E-state index < -0.39 is 0 Å². The lowest BCUT2D eigenvalue weighted by atomic mass is 10.1. The first kappa shape index (κ1) is 21.4. The van der Waals surface area contributed by atoms with Gasteiger partial charge in [0.2, 0.25) is 5.95 Å². The maximum Gasteiger partial charge on any atom is 0.228 e. The Bertz CT molecular complexity index is 1290. The van der Waals surface area contributed by atoms with Crippen molar-refractivity contribution in [3.05, 3.63) is 59.2 Å². The van der Waals surface area contributed by atoms with E-state index in [1.54, 1.807) is 0 Å². The SMILES string of the molecule is Clc1ccc(Nc2cc(-c3ccc4c(CCC5CC5)[nH]nc4c3)nc(N3CCOCC3)n2)cc1. The van der Waals surface area contributed by atoms with Crippen LogP contribution in [0.2, 0.25) is 5.02 Å². The molecular weight excluding hydrogens is 448 g/mol. The summed E-state index contributed by atoms with van der Waals surface area (Å²) in [6.45, 7) is 2.89. The van der Waals surface area contributed by atoms with Crippen LogP contribution in [0.4, 0.5) is 17.5 Å². The van der Waals surface area contributed by atoms with Crippen molar-refractivity contribution in [2.24, 2.45) is 5.92 Å². The summed E-state index contributed by atoms with van der Waals surface area (Å²) in [5.74, 6) is 2.34. The predicted molar refractivity (Wildman–Crippen MR) is 136 cm³/mol. The molecule has 0 radical (unpaired) electrons. The Balaban J connectivity index is 1.34. The molecule has 2 aromatic heterocycles. The maximum absolute atomic E-state index is 6.05. The molecular formula is C26H27ClN6O. The highest BCUT2D eigenvalue weighted by molar-refractivity contribution is 6.30. The van der Waals surface area contributed by atoms with Gasteiger partial charge < -0.3 is 15.0 Å². The van der Waals surface area contributed by atoms with Crippen molar-refractivity contribution in [1.82, 2.24) is 20.2 Å². The van der Waals surface area contributed by atoms with Crippen LogP contribution in [0.25, 0.3) is 22.2 Å². The first-order valence-corrected chi connectivity index (χ1v) is 12.3. The number of nitrogens with zero attached hydrogens (tertiary/aromatic N) is 4. The van der Waals surface area contributed by atoms with Crippen molar-refractivity contribution in [3.8, 4) is 11.3 Å². The molecule has 1 aliphatic carbocycles. The minimum atomic E-state index is 0.677. The molecule has 0 unspecified atom stereocenters. The van der Waals surface area contributed by atoms with Gasteiger partial charge in [-0.05, 0) is 49.1 Å². The van der Waals surface area contributed by atoms with Crippen LogP contribution >= 0.6 is 11.6 Å². The van der Waals surface area contributed by atoms with E-state index in [1.165, 1.54) is 30.3 Å². The molecule has 174 valence electrons. The van der Waals surface area contributed by atoms with Crippen LogP contribution in [0.5, 0.6) is 0 Å². The summed E-state index contributed by atoms with van der Waals surface area (Å²) < 4.78 is 5.53. The predicted octanol–water partition coefficient (Wildman–Crippen LogP) is 5.60. The number of hydrogen-bond donors (Lipinski definition) is 2. The molecule has 0 bridgehead atoms. The first-order valence-electron chi connectivity index (χ1n) is 11.9. The number of morpholine rings is 1. The van der Waals surface area contributed by atoms with E-state index in [0.717, 1.165) is 53.7 Å². The molecule has 1 saturated heterocycles. The smallest absolute Gasteiger partial charge is 0.228 e. The highest BCUT2D eigenvalue weighted by atomic mass is 35.5. The van der Waals surface area contributed by atoms with Gasteiger partial charge in [0.05, 0.1) is 24.4 Å². The van der Waals surface area contributed by atoms with Gasteiger partial charge >= 0.3 is 0 Å². The quantitative estimate of drug-likeness (QED) is 0.363. The molecule has 4 aromatic rings. The average molecular weight is 475 g/mol. The first-order chi connectivity index (χ1) is 16.7. The molecule has 1 aliphatic heterocycles. The van der Waals surface area contributed by atoms with Crippen molar-refractivity contribution < 1.29 is 4.74 Å². The number of fused-ring (bicyclic) bond motifs is 1. The molecule has 34 heavy (non-hydrogen) atoms. The second-order valence-electron chi connectivity index (χ2n) is 9.09. The summed E-state index contributed by atoms with van der Waals surface area (Å²) in [6, 6.07) is 16.0. The maximum atomic E-state index is 6.05. The molecule has 2 fully saturated rings. The van der Waals surface area contributed by atoms with Crippen molar-refractivity contribution >= 4 is 40.0 Å². The number of anilines is 3. The molecule has 0 spiro atoms. The zero-order valence-corrected chi connectivity index (χ0v) is 19.7. The average Bonchev–Trinajstić information content (AvgIpc) is 3.62. The Hall–Kier alpha value is -3.16. The number of aryl methyl sites for hydroxylation is 1. The number of nitrogens with one attached hydrogen (secondary N) is 2. The molecule has 2 N–H and O–H groups in total. The summed E-state index contributed by atoms with van der Waals surface area (Å²) in [5.41, 5.74) is 5.00. The fourth-order valence-corrected chi connectivity index (χ4v) is 4.53. The zero-order chi connectivity index (χ0) is 22.9. The Morgan fingerprint density at radius 3 is 2.65 bits per heavy atom. The molecule has 1 saturated carbocycles. The topological polar surface area (TPSA) is 79.0 Å². The van der Waals surface area contributed by atoms with Crippen LogP contribution in [0.3, 0.4) is 0 Å². The van der Waals surface area contributed by atoms with Gasteiger partial charge in [-0.3, -0.25) is 5.10 Å². The number of aromatic amines is 1. The minimum absolute atomic E-state index is 0.677. The van der Waals surface area contributed by atoms with Crippen LogP contribution in [0.1, 0.15) is 25.0 Å². The lowest BCUT2D eigenvalue weighted by Crippen LogP contribution is -2.37. The van der Waals surface area contributed by atoms with Gasteiger partial charge in [0.1, 0.15) is 5.82 Å². The highest BCUT2D eigenvalue weighted by Gasteiger charge is 2.22. The number of H-pyrrole nitrogens is 1. The van der Waals surface area contributed by atoms with Gasteiger partial charge in [-0.1, -0.05) is 36.6 Å². The van der Waals surface area contributed by atoms with Crippen LogP contribution in [0, 0.1) is 5.92 Å². The van der Waals surface area contributed by atoms with E-state index in [4.69, 9.17) is 26.3 Å². The fourth-order valence-electron chi connectivity index (χ4n) is 4.40. The van der Waals surface area contributed by atoms with Crippen molar-refractivity contribution in [1.29, 1.82) is 0 Å². The van der Waals surface area contributed by atoms with E-state index in [-0.39, 0.29) is 0 Å². The molecule has 6 rings (SSSR count). The monoisotopic (exact) mass is 474 g/mol. The van der Waals surface area contributed by atoms with Gasteiger partial charge in [0.15, 0.2) is 0 Å². The van der Waals surface area contributed by atoms with E-state index in [1.807, 2.05) is 30.3 Å². The largest absolute Gasteiger partial charge is 0.378 e. The molecule has 8 heteroatoms. The summed E-state index contributed by atoms with van der Waals surface area (Å²) >= 11 is 6.05. The van der Waals surface area contributed by atoms with Crippen LogP contribution in [-0.2, 0) is 11.2 Å². The summed E-state index contributed by atoms with van der Waals surface area (Å²) in [6.07, 6.45) is 5.06. The Morgan fingerprint density at radius 1 is 1.03 bits per heavy atom. The third kappa shape index (κ3) is 4.72. The standard InChI is InChI=1S/C26H27ClN6O/c27-19-5-7-20(8-6-19)28-25-16-23(29-26(30-25)33-11-13-34-14-12-33)18-4-9-21-22(10-3-17-1-2-17)31-32-24(21)15-18/h4-9,15-17H,1-3,10-14H2,(H,31,32)(H,28,29,30). The number of hydrogen-bond acceptors (Lipinski definition) is 6. The van der Waals surface area contributed by atoms with Gasteiger partial charge in [0.25, 0.3) is 0 Å². The van der Waals surface area contributed by atoms with Crippen LogP contribution in [-0.4, -0.2) is 46.5 Å². The van der Waals surface area contributed by atoms with Crippen molar-refractivity contribution in [2.75, 3.05) is 36.5 Å². The number of aromatic nitrogens is 4. The summed E-state index contributed by atoms with van der Waals surface area (Å²) in [5, 5.41) is 13.2. The normalized spacial score (nSPS) is 16.2. The molecule has 2 aromatic carbocycles. The van der Waals surface area contributed by atoms with E-state index in [0.29, 0.717) is 24.2 Å². The fraction of sp³-hybridized carbons (Fsp3) is 0.346. The minimum Gasteiger partial charge on any atom is -0.378 e. The van der Waals surface area contributed by atoms with Crippen molar-refractivity contribution in [3.63, 3.8) is 0 Å². The highest BCUT2D eigenvalue weighted by Crippen LogP contribution is 2.34. The second kappa shape index (κ2) is 9.24. The van der Waals surface area contributed by atoms with Crippen LogP contribution in [0.15, 0.2) is 48.5 Å². The van der Waals surface area contributed by atoms with E-state index in [9.17, 15) is 0 Å².